The molecule has 2 aromatic heterocycles. The van der Waals surface area contributed by atoms with Gasteiger partial charge in [0.05, 0.1) is 10.8 Å². The Hall–Kier alpha value is -9.67. The summed E-state index contributed by atoms with van der Waals surface area (Å²) in [6.07, 6.45) is 0. The van der Waals surface area contributed by atoms with Gasteiger partial charge in [-0.2, -0.15) is 0 Å². The van der Waals surface area contributed by atoms with Gasteiger partial charge in [0, 0.05) is 43.6 Å². The number of hydrogen-bond donors (Lipinski definition) is 0. The Labute approximate surface area is 464 Å². The molecule has 14 aromatic rings. The number of nitrogens with zero attached hydrogens (tertiary/aromatic N) is 1. The van der Waals surface area contributed by atoms with Gasteiger partial charge in [0.2, 0.25) is 0 Å². The predicted octanol–water partition coefficient (Wildman–Crippen LogP) is 20.7. The van der Waals surface area contributed by atoms with Gasteiger partial charge in [-0.3, -0.25) is 0 Å². The number of hydrogen-bond acceptors (Lipinski definition) is 3. The average Bonchev–Trinajstić information content (AvgIpc) is 4.33. The molecule has 4 heteroatoms. The standard InChI is InChI=1S/C43H29NO.C31H19ClO.CH4/c1-4-15-30(16-5-1)43(37-23-12-10-21-34(37)35-22-11-13-24-38(35)43)39-25-14-26-41-42(39)36-29-33(27-28-40(36)45-41)44(31-17-6-2-7-18-31)32-19-8-3-9-20-32;32-21-17-18-28-24(19-21)30-27(15-8-16-29(30)33-28)31(20-9-2-1-3-10-20)25-13-6-4-11-22(25)23-12-5-7-14-26(23)31;/h1-29H;1-19H;1H4. The maximum absolute atomic E-state index is 6.64. The van der Waals surface area contributed by atoms with E-state index in [0.717, 1.165) is 60.9 Å². The van der Waals surface area contributed by atoms with E-state index in [1.807, 2.05) is 18.2 Å². The number of anilines is 3. The van der Waals surface area contributed by atoms with Crippen molar-refractivity contribution in [3.05, 3.63) is 341 Å². The normalized spacial score (nSPS) is 13.2. The fraction of sp³-hybridized carbons (Fsp3) is 0.0400. The molecule has 0 fully saturated rings. The van der Waals surface area contributed by atoms with E-state index in [4.69, 9.17) is 20.4 Å². The van der Waals surface area contributed by atoms with Crippen molar-refractivity contribution in [1.82, 2.24) is 0 Å². The van der Waals surface area contributed by atoms with Crippen molar-refractivity contribution in [3.8, 4) is 22.3 Å². The molecule has 376 valence electrons. The lowest BCUT2D eigenvalue weighted by Crippen LogP contribution is -2.28. The second-order valence-electron chi connectivity index (χ2n) is 20.3. The molecular weight excluding hydrogens is 982 g/mol. The molecule has 0 spiro atoms. The van der Waals surface area contributed by atoms with E-state index in [-0.39, 0.29) is 7.43 Å². The molecule has 0 N–H and O–H groups in total. The first-order valence-corrected chi connectivity index (χ1v) is 27.0. The summed E-state index contributed by atoms with van der Waals surface area (Å²) in [5, 5.41) is 5.12. The Morgan fingerprint density at radius 2 is 0.620 bits per heavy atom. The van der Waals surface area contributed by atoms with Gasteiger partial charge in [-0.05, 0) is 140 Å². The Kier molecular flexibility index (Phi) is 11.5. The SMILES string of the molecule is C.Clc1ccc2oc3cccc(C4(c5ccccc5)c5ccccc5-c5ccccc54)c3c2c1.c1ccc(N(c2ccccc2)c2ccc3oc4cccc(C5(c6ccccc6)c6ccccc6-c6ccccc65)c4c3c2)cc1. The van der Waals surface area contributed by atoms with Crippen molar-refractivity contribution in [3.63, 3.8) is 0 Å². The number of benzene rings is 12. The van der Waals surface area contributed by atoms with Crippen LogP contribution in [0.4, 0.5) is 17.1 Å². The molecule has 79 heavy (non-hydrogen) atoms. The van der Waals surface area contributed by atoms with Crippen LogP contribution in [0.3, 0.4) is 0 Å². The molecule has 0 aliphatic heterocycles. The van der Waals surface area contributed by atoms with Gasteiger partial charge in [-0.1, -0.05) is 237 Å². The first-order valence-electron chi connectivity index (χ1n) is 26.6. The number of furan rings is 2. The van der Waals surface area contributed by atoms with Gasteiger partial charge in [0.25, 0.3) is 0 Å². The highest BCUT2D eigenvalue weighted by Gasteiger charge is 2.48. The van der Waals surface area contributed by atoms with Gasteiger partial charge >= 0.3 is 0 Å². The van der Waals surface area contributed by atoms with E-state index < -0.39 is 10.8 Å². The van der Waals surface area contributed by atoms with E-state index in [1.165, 1.54) is 66.8 Å². The number of rotatable bonds is 7. The van der Waals surface area contributed by atoms with Crippen molar-refractivity contribution < 1.29 is 8.83 Å². The van der Waals surface area contributed by atoms with E-state index in [9.17, 15) is 0 Å². The molecule has 0 saturated carbocycles. The highest BCUT2D eigenvalue weighted by atomic mass is 35.5. The third kappa shape index (κ3) is 7.20. The Balaban J connectivity index is 0.000000148. The molecular formula is C75H52ClNO2. The average molecular weight is 1030 g/mol. The lowest BCUT2D eigenvalue weighted by atomic mass is 9.66. The largest absolute Gasteiger partial charge is 0.456 e. The third-order valence-electron chi connectivity index (χ3n) is 16.3. The third-order valence-corrected chi connectivity index (χ3v) is 16.6. The molecule has 0 unspecified atom stereocenters. The molecule has 0 atom stereocenters. The minimum atomic E-state index is -0.515. The zero-order chi connectivity index (χ0) is 51.8. The van der Waals surface area contributed by atoms with Crippen molar-refractivity contribution in [1.29, 1.82) is 0 Å². The van der Waals surface area contributed by atoms with Crippen LogP contribution in [0.15, 0.2) is 300 Å². The molecule has 0 radical (unpaired) electrons. The van der Waals surface area contributed by atoms with Crippen LogP contribution in [-0.2, 0) is 10.8 Å². The first-order chi connectivity index (χ1) is 38.6. The second kappa shape index (κ2) is 19.1. The van der Waals surface area contributed by atoms with Gasteiger partial charge in [0.1, 0.15) is 22.3 Å². The minimum Gasteiger partial charge on any atom is -0.456 e. The van der Waals surface area contributed by atoms with Crippen molar-refractivity contribution in [2.24, 2.45) is 0 Å². The molecule has 16 rings (SSSR count). The quantitative estimate of drug-likeness (QED) is 0.159. The van der Waals surface area contributed by atoms with Crippen LogP contribution in [0.25, 0.3) is 66.1 Å². The first kappa shape index (κ1) is 47.8. The number of para-hydroxylation sites is 2. The van der Waals surface area contributed by atoms with E-state index >= 15 is 0 Å². The molecule has 2 heterocycles. The fourth-order valence-electron chi connectivity index (χ4n) is 13.3. The van der Waals surface area contributed by atoms with Crippen LogP contribution in [-0.4, -0.2) is 0 Å². The summed E-state index contributed by atoms with van der Waals surface area (Å²) >= 11 is 6.46. The highest BCUT2D eigenvalue weighted by molar-refractivity contribution is 6.31. The van der Waals surface area contributed by atoms with Crippen molar-refractivity contribution in [2.45, 2.75) is 18.3 Å². The highest BCUT2D eigenvalue weighted by Crippen LogP contribution is 2.60. The van der Waals surface area contributed by atoms with E-state index in [1.54, 1.807) is 0 Å². The second-order valence-corrected chi connectivity index (χ2v) is 20.7. The summed E-state index contributed by atoms with van der Waals surface area (Å²) in [6.45, 7) is 0. The van der Waals surface area contributed by atoms with E-state index in [0.29, 0.717) is 5.02 Å². The summed E-state index contributed by atoms with van der Waals surface area (Å²) in [4.78, 5) is 2.31. The zero-order valence-electron chi connectivity index (χ0n) is 42.4. The van der Waals surface area contributed by atoms with Crippen molar-refractivity contribution >= 4 is 72.5 Å². The topological polar surface area (TPSA) is 29.5 Å². The summed E-state index contributed by atoms with van der Waals surface area (Å²) < 4.78 is 12.9. The number of halogens is 1. The van der Waals surface area contributed by atoms with Crippen molar-refractivity contribution in [2.75, 3.05) is 4.90 Å². The van der Waals surface area contributed by atoms with Crippen LogP contribution in [0.1, 0.15) is 51.9 Å². The Morgan fingerprint density at radius 3 is 1.04 bits per heavy atom. The number of fused-ring (bicyclic) bond motifs is 12. The maximum Gasteiger partial charge on any atom is 0.135 e. The smallest absolute Gasteiger partial charge is 0.135 e. The van der Waals surface area contributed by atoms with Crippen LogP contribution in [0, 0.1) is 0 Å². The monoisotopic (exact) mass is 1030 g/mol. The molecule has 3 nitrogen and oxygen atoms in total. The van der Waals surface area contributed by atoms with Gasteiger partial charge in [-0.15, -0.1) is 0 Å². The van der Waals surface area contributed by atoms with Crippen LogP contribution in [0.2, 0.25) is 5.02 Å². The summed E-state index contributed by atoms with van der Waals surface area (Å²) in [7, 11) is 0. The summed E-state index contributed by atoms with van der Waals surface area (Å²) in [6, 6.07) is 104. The summed E-state index contributed by atoms with van der Waals surface area (Å²) in [5.74, 6) is 0. The summed E-state index contributed by atoms with van der Waals surface area (Å²) in [5.41, 5.74) is 21.0. The van der Waals surface area contributed by atoms with Gasteiger partial charge in [0.15, 0.2) is 0 Å². The Morgan fingerprint density at radius 1 is 0.278 bits per heavy atom. The minimum absolute atomic E-state index is 0. The predicted molar refractivity (Wildman–Crippen MR) is 328 cm³/mol. The fourth-order valence-corrected chi connectivity index (χ4v) is 13.5. The lowest BCUT2D eigenvalue weighted by molar-refractivity contribution is 0.667. The Bertz CT molecular complexity index is 4450. The van der Waals surface area contributed by atoms with Crippen LogP contribution >= 0.6 is 11.6 Å². The maximum atomic E-state index is 6.64. The molecule has 2 aliphatic rings. The molecule has 0 bridgehead atoms. The van der Waals surface area contributed by atoms with Crippen LogP contribution < -0.4 is 4.90 Å². The van der Waals surface area contributed by atoms with Gasteiger partial charge < -0.3 is 13.7 Å². The lowest BCUT2D eigenvalue weighted by Gasteiger charge is -2.34. The molecule has 0 saturated heterocycles. The molecule has 0 amide bonds. The van der Waals surface area contributed by atoms with E-state index in [2.05, 4.69) is 278 Å². The van der Waals surface area contributed by atoms with Crippen LogP contribution in [0.5, 0.6) is 0 Å². The molecule has 12 aromatic carbocycles. The van der Waals surface area contributed by atoms with Gasteiger partial charge in [-0.25, -0.2) is 0 Å². The zero-order valence-corrected chi connectivity index (χ0v) is 43.1. The molecule has 2 aliphatic carbocycles.